The topological polar surface area (TPSA) is 35.1 Å². The Balaban J connectivity index is 2.56. The van der Waals surface area contributed by atoms with E-state index in [1.807, 2.05) is 42.3 Å². The summed E-state index contributed by atoms with van der Waals surface area (Å²) in [5.74, 6) is 0. The molecule has 0 bridgehead atoms. The Morgan fingerprint density at radius 1 is 1.31 bits per heavy atom. The zero-order valence-corrected chi connectivity index (χ0v) is 9.46. The lowest BCUT2D eigenvalue weighted by Gasteiger charge is -2.03. The molecular weight excluding hydrogens is 200 g/mol. The Bertz CT molecular complexity index is 575. The normalized spacial score (nSPS) is 11.8. The van der Waals surface area contributed by atoms with Gasteiger partial charge >= 0.3 is 0 Å². The maximum atomic E-state index is 4.15. The van der Waals surface area contributed by atoms with Crippen molar-refractivity contribution in [1.82, 2.24) is 14.3 Å². The van der Waals surface area contributed by atoms with Gasteiger partial charge in [0.2, 0.25) is 0 Å². The zero-order chi connectivity index (χ0) is 11.5. The predicted octanol–water partition coefficient (Wildman–Crippen LogP) is 1.52. The van der Waals surface area contributed by atoms with Crippen molar-refractivity contribution in [2.24, 2.45) is 12.0 Å². The fourth-order valence-electron chi connectivity index (χ4n) is 1.59. The SMILES string of the molecule is C=Cn1cc(-c2cnn(C)c2)ccc1=NC. The molecule has 0 aliphatic heterocycles. The minimum atomic E-state index is 0.877. The van der Waals surface area contributed by atoms with E-state index in [0.29, 0.717) is 0 Å². The van der Waals surface area contributed by atoms with Crippen molar-refractivity contribution in [1.29, 1.82) is 0 Å². The van der Waals surface area contributed by atoms with Crippen LogP contribution >= 0.6 is 0 Å². The van der Waals surface area contributed by atoms with Gasteiger partial charge in [0.1, 0.15) is 5.49 Å². The standard InChI is InChI=1S/C12H14N4/c1-4-16-9-10(5-6-12(16)13-2)11-7-14-15(3)8-11/h4-9H,1H2,2-3H3. The molecule has 0 fully saturated rings. The molecule has 0 unspecified atom stereocenters. The van der Waals surface area contributed by atoms with Crippen molar-refractivity contribution >= 4 is 6.20 Å². The molecule has 2 rings (SSSR count). The second-order valence-electron chi connectivity index (χ2n) is 3.49. The number of hydrogen-bond acceptors (Lipinski definition) is 2. The molecule has 0 atom stereocenters. The van der Waals surface area contributed by atoms with Gasteiger partial charge in [0.15, 0.2) is 0 Å². The maximum Gasteiger partial charge on any atom is 0.131 e. The molecule has 0 saturated heterocycles. The van der Waals surface area contributed by atoms with E-state index in [-0.39, 0.29) is 0 Å². The summed E-state index contributed by atoms with van der Waals surface area (Å²) in [6.45, 7) is 3.76. The maximum absolute atomic E-state index is 4.15. The van der Waals surface area contributed by atoms with Crippen molar-refractivity contribution in [2.75, 3.05) is 7.05 Å². The first-order chi connectivity index (χ1) is 7.74. The Morgan fingerprint density at radius 2 is 2.12 bits per heavy atom. The van der Waals surface area contributed by atoms with E-state index < -0.39 is 0 Å². The van der Waals surface area contributed by atoms with Gasteiger partial charge < -0.3 is 4.57 Å². The van der Waals surface area contributed by atoms with Gasteiger partial charge in [0.05, 0.1) is 6.20 Å². The van der Waals surface area contributed by atoms with E-state index in [1.165, 1.54) is 0 Å². The minimum absolute atomic E-state index is 0.877. The summed E-state index contributed by atoms with van der Waals surface area (Å²) in [6.07, 6.45) is 7.55. The number of nitrogens with zero attached hydrogens (tertiary/aromatic N) is 4. The first-order valence-corrected chi connectivity index (χ1v) is 5.01. The van der Waals surface area contributed by atoms with E-state index in [4.69, 9.17) is 0 Å². The number of aryl methyl sites for hydroxylation is 1. The summed E-state index contributed by atoms with van der Waals surface area (Å²) in [5.41, 5.74) is 3.06. The lowest BCUT2D eigenvalue weighted by molar-refractivity contribution is 0.768. The third-order valence-electron chi connectivity index (χ3n) is 2.42. The van der Waals surface area contributed by atoms with Crippen LogP contribution in [0.15, 0.2) is 42.3 Å². The average Bonchev–Trinajstić information content (AvgIpc) is 2.75. The lowest BCUT2D eigenvalue weighted by Crippen LogP contribution is -2.14. The van der Waals surface area contributed by atoms with Gasteiger partial charge in [-0.15, -0.1) is 0 Å². The Morgan fingerprint density at radius 3 is 2.69 bits per heavy atom. The molecule has 2 aromatic heterocycles. The summed E-state index contributed by atoms with van der Waals surface area (Å²) in [7, 11) is 3.67. The highest BCUT2D eigenvalue weighted by Gasteiger charge is 2.00. The molecule has 4 nitrogen and oxygen atoms in total. The van der Waals surface area contributed by atoms with Crippen LogP contribution < -0.4 is 5.49 Å². The van der Waals surface area contributed by atoms with Crippen LogP contribution in [0.2, 0.25) is 0 Å². The first kappa shape index (κ1) is 10.4. The highest BCUT2D eigenvalue weighted by molar-refractivity contribution is 5.60. The number of aromatic nitrogens is 3. The van der Waals surface area contributed by atoms with Crippen molar-refractivity contribution in [3.63, 3.8) is 0 Å². The van der Waals surface area contributed by atoms with Crippen molar-refractivity contribution in [3.8, 4) is 11.1 Å². The van der Waals surface area contributed by atoms with Gasteiger partial charge in [-0.2, -0.15) is 5.10 Å². The second-order valence-corrected chi connectivity index (χ2v) is 3.49. The minimum Gasteiger partial charge on any atom is -0.309 e. The molecule has 0 saturated carbocycles. The van der Waals surface area contributed by atoms with Crippen LogP contribution in [-0.2, 0) is 7.05 Å². The van der Waals surface area contributed by atoms with Gasteiger partial charge in [-0.3, -0.25) is 9.67 Å². The van der Waals surface area contributed by atoms with Crippen molar-refractivity contribution in [2.45, 2.75) is 0 Å². The highest BCUT2D eigenvalue weighted by atomic mass is 15.2. The van der Waals surface area contributed by atoms with Crippen LogP contribution in [-0.4, -0.2) is 21.4 Å². The molecule has 0 aromatic carbocycles. The fraction of sp³-hybridized carbons (Fsp3) is 0.167. The van der Waals surface area contributed by atoms with Crippen LogP contribution in [0.5, 0.6) is 0 Å². The fourth-order valence-corrected chi connectivity index (χ4v) is 1.59. The first-order valence-electron chi connectivity index (χ1n) is 5.01. The number of hydrogen-bond donors (Lipinski definition) is 0. The van der Waals surface area contributed by atoms with Crippen LogP contribution in [0, 0.1) is 0 Å². The van der Waals surface area contributed by atoms with Crippen LogP contribution in [0.1, 0.15) is 0 Å². The van der Waals surface area contributed by atoms with Crippen LogP contribution in [0.25, 0.3) is 17.3 Å². The molecule has 4 heteroatoms. The van der Waals surface area contributed by atoms with E-state index in [2.05, 4.69) is 16.7 Å². The molecule has 0 spiro atoms. The molecule has 0 N–H and O–H groups in total. The van der Waals surface area contributed by atoms with Gasteiger partial charge in [-0.05, 0) is 12.1 Å². The average molecular weight is 214 g/mol. The molecule has 82 valence electrons. The van der Waals surface area contributed by atoms with Gasteiger partial charge in [0.25, 0.3) is 0 Å². The molecule has 0 aliphatic carbocycles. The lowest BCUT2D eigenvalue weighted by atomic mass is 10.2. The molecule has 0 aliphatic rings. The van der Waals surface area contributed by atoms with Crippen molar-refractivity contribution in [3.05, 3.63) is 42.8 Å². The largest absolute Gasteiger partial charge is 0.309 e. The summed E-state index contributed by atoms with van der Waals surface area (Å²) in [5, 5.41) is 4.15. The molecule has 16 heavy (non-hydrogen) atoms. The third-order valence-corrected chi connectivity index (χ3v) is 2.42. The highest BCUT2D eigenvalue weighted by Crippen LogP contribution is 2.16. The van der Waals surface area contributed by atoms with Gasteiger partial charge in [0, 0.05) is 43.8 Å². The zero-order valence-electron chi connectivity index (χ0n) is 9.46. The summed E-state index contributed by atoms with van der Waals surface area (Å²) in [4.78, 5) is 4.15. The quantitative estimate of drug-likeness (QED) is 0.746. The molecular formula is C12H14N4. The predicted molar refractivity (Wildman–Crippen MR) is 64.5 cm³/mol. The summed E-state index contributed by atoms with van der Waals surface area (Å²) < 4.78 is 3.67. The molecule has 2 aromatic rings. The smallest absolute Gasteiger partial charge is 0.131 e. The monoisotopic (exact) mass is 214 g/mol. The Kier molecular flexibility index (Phi) is 2.72. The van der Waals surface area contributed by atoms with Gasteiger partial charge in [-0.25, -0.2) is 0 Å². The summed E-state index contributed by atoms with van der Waals surface area (Å²) in [6, 6.07) is 3.99. The second kappa shape index (κ2) is 4.18. The summed E-state index contributed by atoms with van der Waals surface area (Å²) >= 11 is 0. The van der Waals surface area contributed by atoms with E-state index in [0.717, 1.165) is 16.6 Å². The van der Waals surface area contributed by atoms with Gasteiger partial charge in [-0.1, -0.05) is 6.58 Å². The van der Waals surface area contributed by atoms with Crippen molar-refractivity contribution < 1.29 is 0 Å². The van der Waals surface area contributed by atoms with Crippen LogP contribution in [0.3, 0.4) is 0 Å². The van der Waals surface area contributed by atoms with E-state index in [9.17, 15) is 0 Å². The van der Waals surface area contributed by atoms with E-state index >= 15 is 0 Å². The number of rotatable bonds is 2. The Hall–Kier alpha value is -2.10. The molecule has 2 heterocycles. The Labute approximate surface area is 94.2 Å². The van der Waals surface area contributed by atoms with E-state index in [1.54, 1.807) is 17.9 Å². The molecule has 0 amide bonds. The third kappa shape index (κ3) is 1.82. The number of pyridine rings is 1. The van der Waals surface area contributed by atoms with Crippen LogP contribution in [0.4, 0.5) is 0 Å². The molecule has 0 radical (unpaired) electrons.